The Hall–Kier alpha value is -1.89. The zero-order chi connectivity index (χ0) is 13.8. The second-order valence-corrected chi connectivity index (χ2v) is 4.52. The molecule has 0 aromatic carbocycles. The van der Waals surface area contributed by atoms with Gasteiger partial charge in [-0.05, 0) is 0 Å². The molecule has 1 fully saturated rings. The Morgan fingerprint density at radius 2 is 2.37 bits per heavy atom. The SMILES string of the molecule is CNC(=O)CCc1nc(N2CCNCC2=O)cn1C. The minimum absolute atomic E-state index is 0.0113. The molecule has 1 aliphatic rings. The first-order chi connectivity index (χ1) is 9.11. The fraction of sp³-hybridized carbons (Fsp3) is 0.583. The average molecular weight is 265 g/mol. The van der Waals surface area contributed by atoms with Crippen LogP contribution < -0.4 is 15.5 Å². The minimum atomic E-state index is -0.0113. The van der Waals surface area contributed by atoms with Gasteiger partial charge in [-0.15, -0.1) is 0 Å². The van der Waals surface area contributed by atoms with Crippen LogP contribution in [0, 0.1) is 0 Å². The lowest BCUT2D eigenvalue weighted by Crippen LogP contribution is -2.48. The predicted octanol–water partition coefficient (Wildman–Crippen LogP) is -0.965. The van der Waals surface area contributed by atoms with Crippen molar-refractivity contribution in [2.24, 2.45) is 7.05 Å². The molecular weight excluding hydrogens is 246 g/mol. The Labute approximate surface area is 112 Å². The Balaban J connectivity index is 2.07. The summed E-state index contributed by atoms with van der Waals surface area (Å²) in [6, 6.07) is 0. The molecule has 1 aromatic rings. The van der Waals surface area contributed by atoms with Gasteiger partial charge in [0.25, 0.3) is 0 Å². The normalized spacial score (nSPS) is 15.7. The van der Waals surface area contributed by atoms with E-state index in [1.165, 1.54) is 0 Å². The second kappa shape index (κ2) is 5.83. The summed E-state index contributed by atoms with van der Waals surface area (Å²) < 4.78 is 1.87. The fourth-order valence-electron chi connectivity index (χ4n) is 2.05. The van der Waals surface area contributed by atoms with Crippen molar-refractivity contribution in [3.05, 3.63) is 12.0 Å². The number of nitrogens with one attached hydrogen (secondary N) is 2. The molecule has 1 aromatic heterocycles. The number of aryl methyl sites for hydroxylation is 2. The molecule has 2 amide bonds. The molecule has 0 bridgehead atoms. The lowest BCUT2D eigenvalue weighted by atomic mass is 10.3. The summed E-state index contributed by atoms with van der Waals surface area (Å²) in [5.74, 6) is 1.50. The van der Waals surface area contributed by atoms with E-state index in [9.17, 15) is 9.59 Å². The van der Waals surface area contributed by atoms with E-state index >= 15 is 0 Å². The van der Waals surface area contributed by atoms with Crippen LogP contribution in [0.2, 0.25) is 0 Å². The number of carbonyl (C=O) groups excluding carboxylic acids is 2. The Bertz CT molecular complexity index is 482. The first-order valence-electron chi connectivity index (χ1n) is 6.35. The third-order valence-corrected chi connectivity index (χ3v) is 3.18. The number of hydrogen-bond acceptors (Lipinski definition) is 4. The zero-order valence-corrected chi connectivity index (χ0v) is 11.3. The maximum Gasteiger partial charge on any atom is 0.242 e. The van der Waals surface area contributed by atoms with Gasteiger partial charge in [0.05, 0.1) is 6.54 Å². The van der Waals surface area contributed by atoms with Gasteiger partial charge in [-0.1, -0.05) is 0 Å². The van der Waals surface area contributed by atoms with Crippen LogP contribution >= 0.6 is 0 Å². The Morgan fingerprint density at radius 3 is 3.05 bits per heavy atom. The van der Waals surface area contributed by atoms with Crippen LogP contribution in [0.4, 0.5) is 5.82 Å². The second-order valence-electron chi connectivity index (χ2n) is 4.52. The van der Waals surface area contributed by atoms with Gasteiger partial charge in [-0.25, -0.2) is 4.98 Å². The van der Waals surface area contributed by atoms with Crippen molar-refractivity contribution in [1.29, 1.82) is 0 Å². The Kier molecular flexibility index (Phi) is 4.16. The molecule has 1 saturated heterocycles. The van der Waals surface area contributed by atoms with Crippen molar-refractivity contribution in [1.82, 2.24) is 20.2 Å². The van der Waals surface area contributed by atoms with Gasteiger partial charge in [-0.3, -0.25) is 14.5 Å². The van der Waals surface area contributed by atoms with Gasteiger partial charge in [0, 0.05) is 46.2 Å². The van der Waals surface area contributed by atoms with Gasteiger partial charge in [0.2, 0.25) is 11.8 Å². The summed E-state index contributed by atoms with van der Waals surface area (Å²) in [4.78, 5) is 29.1. The molecule has 0 spiro atoms. The topological polar surface area (TPSA) is 79.3 Å². The van der Waals surface area contributed by atoms with Crippen molar-refractivity contribution < 1.29 is 9.59 Å². The number of carbonyl (C=O) groups is 2. The maximum atomic E-state index is 11.8. The highest BCUT2D eigenvalue weighted by Gasteiger charge is 2.22. The highest BCUT2D eigenvalue weighted by atomic mass is 16.2. The number of nitrogens with zero attached hydrogens (tertiary/aromatic N) is 3. The van der Waals surface area contributed by atoms with E-state index in [2.05, 4.69) is 15.6 Å². The molecule has 2 heterocycles. The molecule has 19 heavy (non-hydrogen) atoms. The number of imidazole rings is 1. The summed E-state index contributed by atoms with van der Waals surface area (Å²) in [5.41, 5.74) is 0. The molecule has 2 N–H and O–H groups in total. The van der Waals surface area contributed by atoms with Crippen molar-refractivity contribution in [2.75, 3.05) is 31.6 Å². The van der Waals surface area contributed by atoms with Crippen LogP contribution in [0.15, 0.2) is 6.20 Å². The molecule has 7 heteroatoms. The van der Waals surface area contributed by atoms with Crippen molar-refractivity contribution >= 4 is 17.6 Å². The number of piperazine rings is 1. The molecular formula is C12H19N5O2. The monoisotopic (exact) mass is 265 g/mol. The summed E-state index contributed by atoms with van der Waals surface area (Å²) in [6.07, 6.45) is 2.80. The van der Waals surface area contributed by atoms with Gasteiger partial charge in [0.1, 0.15) is 5.82 Å². The molecule has 104 valence electrons. The van der Waals surface area contributed by atoms with Crippen LogP contribution in [0.25, 0.3) is 0 Å². The summed E-state index contributed by atoms with van der Waals surface area (Å²) >= 11 is 0. The lowest BCUT2D eigenvalue weighted by molar-refractivity contribution is -0.120. The molecule has 2 rings (SSSR count). The first-order valence-corrected chi connectivity index (χ1v) is 6.35. The van der Waals surface area contributed by atoms with Crippen LogP contribution in [-0.4, -0.2) is 48.0 Å². The summed E-state index contributed by atoms with van der Waals surface area (Å²) in [6.45, 7) is 1.75. The molecule has 0 unspecified atom stereocenters. The zero-order valence-electron chi connectivity index (χ0n) is 11.3. The van der Waals surface area contributed by atoms with Gasteiger partial charge < -0.3 is 15.2 Å². The van der Waals surface area contributed by atoms with E-state index in [-0.39, 0.29) is 11.8 Å². The van der Waals surface area contributed by atoms with Crippen LogP contribution in [-0.2, 0) is 23.1 Å². The molecule has 0 atom stereocenters. The van der Waals surface area contributed by atoms with E-state index in [0.29, 0.717) is 31.7 Å². The van der Waals surface area contributed by atoms with Crippen molar-refractivity contribution in [2.45, 2.75) is 12.8 Å². The summed E-state index contributed by atoms with van der Waals surface area (Å²) in [5, 5.41) is 5.61. The van der Waals surface area contributed by atoms with E-state index in [1.54, 1.807) is 11.9 Å². The van der Waals surface area contributed by atoms with Crippen molar-refractivity contribution in [3.8, 4) is 0 Å². The number of anilines is 1. The molecule has 0 radical (unpaired) electrons. The molecule has 1 aliphatic heterocycles. The first kappa shape index (κ1) is 13.5. The van der Waals surface area contributed by atoms with Crippen molar-refractivity contribution in [3.63, 3.8) is 0 Å². The van der Waals surface area contributed by atoms with E-state index in [1.807, 2.05) is 17.8 Å². The van der Waals surface area contributed by atoms with Crippen LogP contribution in [0.5, 0.6) is 0 Å². The number of hydrogen-bond donors (Lipinski definition) is 2. The van der Waals surface area contributed by atoms with E-state index < -0.39 is 0 Å². The lowest BCUT2D eigenvalue weighted by Gasteiger charge is -2.25. The molecule has 0 saturated carbocycles. The predicted molar refractivity (Wildman–Crippen MR) is 70.8 cm³/mol. The smallest absolute Gasteiger partial charge is 0.242 e. The molecule has 7 nitrogen and oxygen atoms in total. The van der Waals surface area contributed by atoms with Gasteiger partial charge in [-0.2, -0.15) is 0 Å². The standard InChI is InChI=1S/C12H19N5O2/c1-13-11(18)4-3-9-15-10(8-16(9)2)17-6-5-14-7-12(17)19/h8,14H,3-7H2,1-2H3,(H,13,18). The molecule has 0 aliphatic carbocycles. The quantitative estimate of drug-likeness (QED) is 0.734. The largest absolute Gasteiger partial charge is 0.359 e. The third-order valence-electron chi connectivity index (χ3n) is 3.18. The summed E-state index contributed by atoms with van der Waals surface area (Å²) in [7, 11) is 3.49. The van der Waals surface area contributed by atoms with Gasteiger partial charge in [0.15, 0.2) is 5.82 Å². The van der Waals surface area contributed by atoms with Gasteiger partial charge >= 0.3 is 0 Å². The number of aromatic nitrogens is 2. The van der Waals surface area contributed by atoms with Crippen LogP contribution in [0.3, 0.4) is 0 Å². The maximum absolute atomic E-state index is 11.8. The third kappa shape index (κ3) is 3.11. The van der Waals surface area contributed by atoms with E-state index in [0.717, 1.165) is 12.4 Å². The fourth-order valence-corrected chi connectivity index (χ4v) is 2.05. The highest BCUT2D eigenvalue weighted by Crippen LogP contribution is 2.15. The van der Waals surface area contributed by atoms with E-state index in [4.69, 9.17) is 0 Å². The van der Waals surface area contributed by atoms with Crippen LogP contribution in [0.1, 0.15) is 12.2 Å². The number of amides is 2. The highest BCUT2D eigenvalue weighted by molar-refractivity contribution is 5.94. The minimum Gasteiger partial charge on any atom is -0.359 e. The Morgan fingerprint density at radius 1 is 1.58 bits per heavy atom. The number of rotatable bonds is 4. The average Bonchev–Trinajstić information content (AvgIpc) is 2.77.